The Hall–Kier alpha value is -3.97. The fourth-order valence-electron chi connectivity index (χ4n) is 4.34. The maximum atomic E-state index is 12.8. The molecule has 0 atom stereocenters. The highest BCUT2D eigenvalue weighted by atomic mass is 35.5. The minimum Gasteiger partial charge on any atom is -0.496 e. The van der Waals surface area contributed by atoms with Crippen LogP contribution in [0.3, 0.4) is 0 Å². The zero-order valence-electron chi connectivity index (χ0n) is 20.2. The Labute approximate surface area is 214 Å². The summed E-state index contributed by atoms with van der Waals surface area (Å²) in [4.78, 5) is 19.5. The van der Waals surface area contributed by atoms with E-state index in [2.05, 4.69) is 0 Å². The van der Waals surface area contributed by atoms with Gasteiger partial charge in [0, 0.05) is 36.0 Å². The Bertz CT molecular complexity index is 1460. The lowest BCUT2D eigenvalue weighted by Gasteiger charge is -2.23. The lowest BCUT2D eigenvalue weighted by atomic mass is 10.0. The molecule has 0 unspecified atom stereocenters. The largest absolute Gasteiger partial charge is 0.496 e. The second-order valence-electron chi connectivity index (χ2n) is 8.44. The molecule has 0 fully saturated rings. The SMILES string of the molecule is COc1ccc(OC)c2nc(-c3cccc(Cl)c3)c(CN(Cc3ccc4c(c3)OCO4)C(C)=O)cc12. The molecule has 36 heavy (non-hydrogen) atoms. The van der Waals surface area contributed by atoms with E-state index in [-0.39, 0.29) is 12.7 Å². The molecule has 1 aliphatic heterocycles. The summed E-state index contributed by atoms with van der Waals surface area (Å²) in [6, 6.07) is 18.9. The molecule has 8 heteroatoms. The van der Waals surface area contributed by atoms with Crippen molar-refractivity contribution in [3.05, 3.63) is 76.8 Å². The molecule has 7 nitrogen and oxygen atoms in total. The van der Waals surface area contributed by atoms with Crippen LogP contribution in [0.5, 0.6) is 23.0 Å². The third-order valence-electron chi connectivity index (χ3n) is 6.14. The molecule has 0 bridgehead atoms. The summed E-state index contributed by atoms with van der Waals surface area (Å²) in [6.07, 6.45) is 0. The van der Waals surface area contributed by atoms with Gasteiger partial charge in [-0.1, -0.05) is 29.8 Å². The topological polar surface area (TPSA) is 70.1 Å². The summed E-state index contributed by atoms with van der Waals surface area (Å²) < 4.78 is 22.1. The molecule has 184 valence electrons. The van der Waals surface area contributed by atoms with Crippen LogP contribution in [0.15, 0.2) is 60.7 Å². The Morgan fingerprint density at radius 3 is 2.50 bits per heavy atom. The van der Waals surface area contributed by atoms with Gasteiger partial charge in [0.05, 0.1) is 19.9 Å². The van der Waals surface area contributed by atoms with E-state index in [1.54, 1.807) is 26.0 Å². The predicted octanol–water partition coefficient (Wildman–Crippen LogP) is 5.85. The smallest absolute Gasteiger partial charge is 0.231 e. The van der Waals surface area contributed by atoms with Crippen LogP contribution < -0.4 is 18.9 Å². The molecule has 0 radical (unpaired) electrons. The average Bonchev–Trinajstić information content (AvgIpc) is 3.35. The number of hydrogen-bond acceptors (Lipinski definition) is 6. The van der Waals surface area contributed by atoms with E-state index in [1.165, 1.54) is 0 Å². The van der Waals surface area contributed by atoms with E-state index < -0.39 is 0 Å². The first-order valence-corrected chi connectivity index (χ1v) is 11.8. The van der Waals surface area contributed by atoms with E-state index >= 15 is 0 Å². The van der Waals surface area contributed by atoms with Gasteiger partial charge in [-0.25, -0.2) is 4.98 Å². The molecule has 4 aromatic rings. The van der Waals surface area contributed by atoms with Crippen molar-refractivity contribution in [1.29, 1.82) is 0 Å². The van der Waals surface area contributed by atoms with Gasteiger partial charge in [-0.15, -0.1) is 0 Å². The van der Waals surface area contributed by atoms with Crippen molar-refractivity contribution in [3.8, 4) is 34.3 Å². The molecule has 1 aromatic heterocycles. The minimum absolute atomic E-state index is 0.0672. The van der Waals surface area contributed by atoms with Gasteiger partial charge < -0.3 is 23.8 Å². The van der Waals surface area contributed by atoms with Crippen LogP contribution in [-0.2, 0) is 17.9 Å². The number of halogens is 1. The van der Waals surface area contributed by atoms with Crippen LogP contribution in [-0.4, -0.2) is 36.8 Å². The first-order chi connectivity index (χ1) is 17.5. The molecule has 1 aliphatic rings. The molecule has 3 aromatic carbocycles. The van der Waals surface area contributed by atoms with Gasteiger partial charge in [0.1, 0.15) is 17.0 Å². The van der Waals surface area contributed by atoms with E-state index in [0.717, 1.165) is 22.1 Å². The van der Waals surface area contributed by atoms with Crippen molar-refractivity contribution >= 4 is 28.4 Å². The molecule has 0 saturated carbocycles. The summed E-state index contributed by atoms with van der Waals surface area (Å²) in [5, 5.41) is 1.39. The van der Waals surface area contributed by atoms with Crippen LogP contribution >= 0.6 is 11.6 Å². The number of benzene rings is 3. The second-order valence-corrected chi connectivity index (χ2v) is 8.87. The van der Waals surface area contributed by atoms with Gasteiger partial charge >= 0.3 is 0 Å². The third-order valence-corrected chi connectivity index (χ3v) is 6.38. The quantitative estimate of drug-likeness (QED) is 0.314. The van der Waals surface area contributed by atoms with Crippen LogP contribution in [0.25, 0.3) is 22.2 Å². The summed E-state index contributed by atoms with van der Waals surface area (Å²) in [5.74, 6) is 2.62. The molecular weight excluding hydrogens is 480 g/mol. The van der Waals surface area contributed by atoms with Crippen molar-refractivity contribution in [2.24, 2.45) is 0 Å². The summed E-state index contributed by atoms with van der Waals surface area (Å²) in [7, 11) is 3.23. The number of pyridine rings is 1. The summed E-state index contributed by atoms with van der Waals surface area (Å²) in [6.45, 7) is 2.49. The average molecular weight is 505 g/mol. The molecule has 0 saturated heterocycles. The maximum Gasteiger partial charge on any atom is 0.231 e. The highest BCUT2D eigenvalue weighted by Gasteiger charge is 2.20. The fourth-order valence-corrected chi connectivity index (χ4v) is 4.53. The number of nitrogens with zero attached hydrogens (tertiary/aromatic N) is 2. The highest BCUT2D eigenvalue weighted by molar-refractivity contribution is 6.30. The van der Waals surface area contributed by atoms with Crippen molar-refractivity contribution in [2.45, 2.75) is 20.0 Å². The van der Waals surface area contributed by atoms with Gasteiger partial charge in [0.25, 0.3) is 0 Å². The van der Waals surface area contributed by atoms with Crippen LogP contribution in [0, 0.1) is 0 Å². The number of rotatable bonds is 7. The fraction of sp³-hybridized carbons (Fsp3) is 0.214. The number of aromatic nitrogens is 1. The van der Waals surface area contributed by atoms with Crippen molar-refractivity contribution in [3.63, 3.8) is 0 Å². The minimum atomic E-state index is -0.0672. The number of methoxy groups -OCH3 is 2. The van der Waals surface area contributed by atoms with Crippen molar-refractivity contribution < 1.29 is 23.7 Å². The van der Waals surface area contributed by atoms with Crippen LogP contribution in [0.2, 0.25) is 5.02 Å². The van der Waals surface area contributed by atoms with E-state index in [4.69, 9.17) is 35.5 Å². The van der Waals surface area contributed by atoms with Gasteiger partial charge in [0.15, 0.2) is 11.5 Å². The van der Waals surface area contributed by atoms with Gasteiger partial charge in [-0.2, -0.15) is 0 Å². The lowest BCUT2D eigenvalue weighted by molar-refractivity contribution is -0.130. The van der Waals surface area contributed by atoms with Crippen LogP contribution in [0.4, 0.5) is 0 Å². The molecular formula is C28H25ClN2O5. The summed E-state index contributed by atoms with van der Waals surface area (Å²) >= 11 is 6.32. The van der Waals surface area contributed by atoms with E-state index in [0.29, 0.717) is 52.3 Å². The monoisotopic (exact) mass is 504 g/mol. The number of carbonyl (C=O) groups is 1. The standard InChI is InChI=1S/C28H25ClN2O5/c1-17(32)31(14-18-7-8-24-26(11-18)36-16-35-24)15-20-13-22-23(33-2)9-10-25(34-3)28(22)30-27(20)19-5-4-6-21(29)12-19/h4-13H,14-16H2,1-3H3. The Kier molecular flexibility index (Phi) is 6.57. The normalized spacial score (nSPS) is 12.0. The number of ether oxygens (including phenoxy) is 4. The Balaban J connectivity index is 1.61. The molecule has 0 N–H and O–H groups in total. The number of fused-ring (bicyclic) bond motifs is 2. The molecule has 1 amide bonds. The van der Waals surface area contributed by atoms with Gasteiger partial charge in [-0.05, 0) is 53.6 Å². The zero-order valence-corrected chi connectivity index (χ0v) is 21.0. The molecule has 5 rings (SSSR count). The van der Waals surface area contributed by atoms with Crippen molar-refractivity contribution in [2.75, 3.05) is 21.0 Å². The predicted molar refractivity (Wildman–Crippen MR) is 138 cm³/mol. The first-order valence-electron chi connectivity index (χ1n) is 11.4. The number of amides is 1. The maximum absolute atomic E-state index is 12.8. The first kappa shape index (κ1) is 23.8. The third kappa shape index (κ3) is 4.62. The Morgan fingerprint density at radius 1 is 0.972 bits per heavy atom. The van der Waals surface area contributed by atoms with E-state index in [9.17, 15) is 4.79 Å². The molecule has 0 spiro atoms. The zero-order chi connectivity index (χ0) is 25.2. The van der Waals surface area contributed by atoms with Gasteiger partial charge in [-0.3, -0.25) is 4.79 Å². The summed E-state index contributed by atoms with van der Waals surface area (Å²) in [5.41, 5.74) is 4.02. The molecule has 0 aliphatic carbocycles. The lowest BCUT2D eigenvalue weighted by Crippen LogP contribution is -2.28. The van der Waals surface area contributed by atoms with Crippen molar-refractivity contribution in [1.82, 2.24) is 9.88 Å². The van der Waals surface area contributed by atoms with Crippen LogP contribution in [0.1, 0.15) is 18.1 Å². The Morgan fingerprint density at radius 2 is 1.75 bits per heavy atom. The second kappa shape index (κ2) is 9.95. The van der Waals surface area contributed by atoms with Gasteiger partial charge in [0.2, 0.25) is 12.7 Å². The highest BCUT2D eigenvalue weighted by Crippen LogP contribution is 2.37. The van der Waals surface area contributed by atoms with E-state index in [1.807, 2.05) is 60.7 Å². The number of hydrogen-bond donors (Lipinski definition) is 0. The number of carbonyl (C=O) groups excluding carboxylic acids is 1. The molecule has 2 heterocycles.